The summed E-state index contributed by atoms with van der Waals surface area (Å²) >= 11 is 1.69. The van der Waals surface area contributed by atoms with E-state index < -0.39 is 0 Å². The van der Waals surface area contributed by atoms with Gasteiger partial charge in [0.05, 0.1) is 22.1 Å². The van der Waals surface area contributed by atoms with Crippen molar-refractivity contribution in [3.05, 3.63) is 42.6 Å². The van der Waals surface area contributed by atoms with Crippen LogP contribution < -0.4 is 4.90 Å². The third-order valence-electron chi connectivity index (χ3n) is 4.67. The van der Waals surface area contributed by atoms with Crippen LogP contribution in [0.1, 0.15) is 18.7 Å². The van der Waals surface area contributed by atoms with E-state index in [-0.39, 0.29) is 6.61 Å². The Labute approximate surface area is 154 Å². The average Bonchev–Trinajstić information content (AvgIpc) is 3.46. The van der Waals surface area contributed by atoms with E-state index in [2.05, 4.69) is 29.4 Å². The normalized spacial score (nSPS) is 14.6. The molecule has 3 aromatic heterocycles. The van der Waals surface area contributed by atoms with E-state index in [4.69, 9.17) is 0 Å². The van der Waals surface area contributed by atoms with Crippen molar-refractivity contribution >= 4 is 27.5 Å². The number of hydrogen-bond donors (Lipinski definition) is 2. The lowest BCUT2D eigenvalue weighted by Gasteiger charge is -2.12. The molecule has 1 aliphatic heterocycles. The number of fused-ring (bicyclic) bond motifs is 1. The number of imidazole rings is 2. The first-order valence-corrected chi connectivity index (χ1v) is 9.48. The molecular weight excluding hydrogens is 348 g/mol. The van der Waals surface area contributed by atoms with Crippen molar-refractivity contribution < 1.29 is 5.11 Å². The molecule has 1 aliphatic rings. The predicted molar refractivity (Wildman–Crippen MR) is 102 cm³/mol. The van der Waals surface area contributed by atoms with Crippen LogP contribution in [0.4, 0.5) is 5.13 Å². The van der Waals surface area contributed by atoms with Crippen LogP contribution in [0.15, 0.2) is 36.8 Å². The summed E-state index contributed by atoms with van der Waals surface area (Å²) in [6.45, 7) is 2.08. The Bertz CT molecular complexity index is 1060. The summed E-state index contributed by atoms with van der Waals surface area (Å²) in [7, 11) is 0. The molecule has 4 heterocycles. The van der Waals surface area contributed by atoms with Gasteiger partial charge < -0.3 is 15.0 Å². The van der Waals surface area contributed by atoms with Crippen LogP contribution in [0.25, 0.3) is 27.4 Å². The highest BCUT2D eigenvalue weighted by molar-refractivity contribution is 7.18. The summed E-state index contributed by atoms with van der Waals surface area (Å²) in [6.07, 6.45) is 8.15. The number of hydrogen-bond acceptors (Lipinski definition) is 6. The van der Waals surface area contributed by atoms with Gasteiger partial charge >= 0.3 is 0 Å². The van der Waals surface area contributed by atoms with Gasteiger partial charge in [0.1, 0.15) is 12.4 Å². The predicted octanol–water partition coefficient (Wildman–Crippen LogP) is 2.96. The second-order valence-electron chi connectivity index (χ2n) is 6.37. The molecule has 0 saturated carbocycles. The van der Waals surface area contributed by atoms with Crippen LogP contribution in [-0.2, 0) is 6.61 Å². The molecule has 26 heavy (non-hydrogen) atoms. The topological polar surface area (TPSA) is 82.9 Å². The number of aromatic nitrogens is 5. The molecule has 7 nitrogen and oxygen atoms in total. The van der Waals surface area contributed by atoms with Gasteiger partial charge in [-0.25, -0.2) is 15.0 Å². The van der Waals surface area contributed by atoms with Crippen molar-refractivity contribution in [1.29, 1.82) is 0 Å². The number of aromatic amines is 1. The second kappa shape index (κ2) is 6.22. The third-order valence-corrected chi connectivity index (χ3v) is 5.73. The summed E-state index contributed by atoms with van der Waals surface area (Å²) in [5.74, 6) is 1.45. The number of aliphatic hydroxyl groups is 1. The number of benzene rings is 1. The third kappa shape index (κ3) is 2.58. The molecule has 1 fully saturated rings. The van der Waals surface area contributed by atoms with E-state index in [0.29, 0.717) is 5.82 Å². The number of nitrogens with zero attached hydrogens (tertiary/aromatic N) is 5. The van der Waals surface area contributed by atoms with Crippen LogP contribution in [0.3, 0.4) is 0 Å². The lowest BCUT2D eigenvalue weighted by molar-refractivity contribution is 0.273. The maximum Gasteiger partial charge on any atom is 0.185 e. The molecule has 0 unspecified atom stereocenters. The summed E-state index contributed by atoms with van der Waals surface area (Å²) in [5, 5.41) is 10.3. The molecule has 0 aliphatic carbocycles. The fourth-order valence-electron chi connectivity index (χ4n) is 3.39. The van der Waals surface area contributed by atoms with E-state index in [1.54, 1.807) is 17.5 Å². The first-order valence-electron chi connectivity index (χ1n) is 8.66. The highest BCUT2D eigenvalue weighted by Gasteiger charge is 2.18. The van der Waals surface area contributed by atoms with Gasteiger partial charge in [0, 0.05) is 31.2 Å². The monoisotopic (exact) mass is 366 g/mol. The molecule has 132 valence electrons. The first-order chi connectivity index (χ1) is 12.8. The summed E-state index contributed by atoms with van der Waals surface area (Å²) in [5.41, 5.74) is 2.73. The first kappa shape index (κ1) is 15.5. The Balaban J connectivity index is 1.52. The average molecular weight is 366 g/mol. The maximum atomic E-state index is 9.26. The van der Waals surface area contributed by atoms with Crippen molar-refractivity contribution in [3.63, 3.8) is 0 Å². The lowest BCUT2D eigenvalue weighted by atomic mass is 10.2. The quantitative estimate of drug-likeness (QED) is 0.580. The van der Waals surface area contributed by atoms with Crippen molar-refractivity contribution in [2.24, 2.45) is 0 Å². The van der Waals surface area contributed by atoms with E-state index >= 15 is 0 Å². The molecule has 0 radical (unpaired) electrons. The fourth-order valence-corrected chi connectivity index (χ4v) is 4.35. The maximum absolute atomic E-state index is 9.26. The molecule has 1 saturated heterocycles. The number of nitrogens with one attached hydrogen (secondary N) is 1. The molecule has 4 aromatic rings. The van der Waals surface area contributed by atoms with Crippen LogP contribution in [0.5, 0.6) is 0 Å². The van der Waals surface area contributed by atoms with E-state index in [1.165, 1.54) is 12.8 Å². The zero-order valence-electron chi connectivity index (χ0n) is 14.1. The molecule has 1 aromatic carbocycles. The van der Waals surface area contributed by atoms with Gasteiger partial charge in [0.15, 0.2) is 11.0 Å². The second-order valence-corrected chi connectivity index (χ2v) is 7.37. The lowest BCUT2D eigenvalue weighted by Crippen LogP contribution is -2.16. The Kier molecular flexibility index (Phi) is 3.72. The molecule has 0 amide bonds. The molecular formula is C18H18N6OS. The standard InChI is InChI=1S/C18H18N6OS/c25-11-16-21-13-4-3-12(9-14(13)22-16)24-8-5-19-17(24)15-10-20-18(26-15)23-6-1-2-7-23/h3-5,8-10,25H,1-2,6-7,11H2,(H,21,22). The van der Waals surface area contributed by atoms with Gasteiger partial charge in [-0.2, -0.15) is 0 Å². The Morgan fingerprint density at radius 3 is 2.92 bits per heavy atom. The highest BCUT2D eigenvalue weighted by atomic mass is 32.1. The molecule has 2 N–H and O–H groups in total. The Morgan fingerprint density at radius 2 is 2.08 bits per heavy atom. The van der Waals surface area contributed by atoms with E-state index in [9.17, 15) is 5.11 Å². The van der Waals surface area contributed by atoms with E-state index in [0.717, 1.165) is 45.6 Å². The van der Waals surface area contributed by atoms with Crippen molar-refractivity contribution in [2.45, 2.75) is 19.4 Å². The van der Waals surface area contributed by atoms with Gasteiger partial charge in [-0.05, 0) is 31.0 Å². The highest BCUT2D eigenvalue weighted by Crippen LogP contribution is 2.33. The minimum atomic E-state index is -0.0967. The van der Waals surface area contributed by atoms with Crippen LogP contribution in [0.2, 0.25) is 0 Å². The molecule has 5 rings (SSSR count). The fraction of sp³-hybridized carbons (Fsp3) is 0.278. The van der Waals surface area contributed by atoms with Crippen molar-refractivity contribution in [3.8, 4) is 16.4 Å². The van der Waals surface area contributed by atoms with E-state index in [1.807, 2.05) is 30.6 Å². The minimum Gasteiger partial charge on any atom is -0.388 e. The van der Waals surface area contributed by atoms with Gasteiger partial charge in [-0.3, -0.25) is 4.57 Å². The van der Waals surface area contributed by atoms with Gasteiger partial charge in [0.25, 0.3) is 0 Å². The van der Waals surface area contributed by atoms with Crippen LogP contribution >= 0.6 is 11.3 Å². The summed E-state index contributed by atoms with van der Waals surface area (Å²) in [6, 6.07) is 5.99. The number of H-pyrrole nitrogens is 1. The largest absolute Gasteiger partial charge is 0.388 e. The van der Waals surface area contributed by atoms with Gasteiger partial charge in [-0.15, -0.1) is 0 Å². The van der Waals surface area contributed by atoms with Crippen LogP contribution in [-0.4, -0.2) is 42.7 Å². The summed E-state index contributed by atoms with van der Waals surface area (Å²) < 4.78 is 2.06. The number of anilines is 1. The van der Waals surface area contributed by atoms with Crippen molar-refractivity contribution in [1.82, 2.24) is 24.5 Å². The molecule has 0 bridgehead atoms. The van der Waals surface area contributed by atoms with Gasteiger partial charge in [0.2, 0.25) is 0 Å². The smallest absolute Gasteiger partial charge is 0.185 e. The number of rotatable bonds is 4. The van der Waals surface area contributed by atoms with Gasteiger partial charge in [-0.1, -0.05) is 11.3 Å². The Morgan fingerprint density at radius 1 is 1.19 bits per heavy atom. The van der Waals surface area contributed by atoms with Crippen molar-refractivity contribution in [2.75, 3.05) is 18.0 Å². The molecule has 0 atom stereocenters. The zero-order valence-corrected chi connectivity index (χ0v) is 14.9. The van der Waals surface area contributed by atoms with Crippen LogP contribution in [0, 0.1) is 0 Å². The number of aliphatic hydroxyl groups excluding tert-OH is 1. The summed E-state index contributed by atoms with van der Waals surface area (Å²) in [4.78, 5) is 20.0. The minimum absolute atomic E-state index is 0.0967. The number of thiazole rings is 1. The SMILES string of the molecule is OCc1nc2ccc(-n3ccnc3-c3cnc(N4CCCC4)s3)cc2[nH]1. The Hall–Kier alpha value is -2.71. The molecule has 0 spiro atoms. The molecule has 8 heteroatoms. The zero-order chi connectivity index (χ0) is 17.5.